The zero-order valence-corrected chi connectivity index (χ0v) is 23.7. The molecule has 0 amide bonds. The number of allylic oxidation sites excluding steroid dienone is 2. The number of halogens is 2. The topological polar surface area (TPSA) is 0 Å². The summed E-state index contributed by atoms with van der Waals surface area (Å²) in [5, 5.41) is 3.66. The molecule has 3 aliphatic rings. The third kappa shape index (κ3) is 4.79. The molecule has 0 saturated heterocycles. The van der Waals surface area contributed by atoms with Gasteiger partial charge in [0.25, 0.3) is 0 Å². The van der Waals surface area contributed by atoms with Gasteiger partial charge in [-0.3, -0.25) is 0 Å². The Balaban J connectivity index is 0.00000114. The van der Waals surface area contributed by atoms with Crippen molar-refractivity contribution >= 4 is 19.3 Å². The van der Waals surface area contributed by atoms with Crippen molar-refractivity contribution in [3.63, 3.8) is 0 Å². The first-order valence-corrected chi connectivity index (χ1v) is 14.1. The molecule has 2 aromatic rings. The van der Waals surface area contributed by atoms with E-state index in [0.717, 1.165) is 5.92 Å². The molecule has 0 nitrogen and oxygen atoms in total. The van der Waals surface area contributed by atoms with Crippen LogP contribution in [0.1, 0.15) is 73.1 Å². The standard InChI is InChI=1S/C27H31Si.2ClH.Zr/c1-4-19(13-15-21-17-16-20-9-5-6-10-22(20)21)14-18-25-23-11-7-8-12-24(23)26-27(25)28(26,2)3;;;/h5-12,16-17,21,25H,4,13-15,18H2,1-3H3;2*1H;/q-1;;;+3/p-2. The van der Waals surface area contributed by atoms with Crippen LogP contribution in [0.4, 0.5) is 0 Å². The molecule has 5 rings (SSSR count). The first-order chi connectivity index (χ1) is 13.6. The van der Waals surface area contributed by atoms with Crippen molar-refractivity contribution < 1.29 is 51.0 Å². The maximum Gasteiger partial charge on any atom is 3.00 e. The maximum absolute atomic E-state index is 2.55. The van der Waals surface area contributed by atoms with Crippen LogP contribution < -0.4 is 24.8 Å². The minimum Gasteiger partial charge on any atom is -1.00 e. The minimum atomic E-state index is -1.17. The van der Waals surface area contributed by atoms with Gasteiger partial charge in [0.15, 0.2) is 0 Å². The zero-order valence-electron chi connectivity index (χ0n) is 18.7. The third-order valence-electron chi connectivity index (χ3n) is 7.46. The largest absolute Gasteiger partial charge is 3.00 e. The molecule has 1 radical (unpaired) electrons. The van der Waals surface area contributed by atoms with E-state index < -0.39 is 8.07 Å². The summed E-state index contributed by atoms with van der Waals surface area (Å²) >= 11 is 0. The fourth-order valence-corrected chi connectivity index (χ4v) is 9.96. The molecule has 0 fully saturated rings. The molecule has 0 aromatic heterocycles. The minimum absolute atomic E-state index is 0. The first-order valence-electron chi connectivity index (χ1n) is 11.1. The van der Waals surface area contributed by atoms with E-state index in [-0.39, 0.29) is 51.0 Å². The van der Waals surface area contributed by atoms with E-state index in [9.17, 15) is 0 Å². The molecular formula is C27H31Cl2SiZr. The smallest absolute Gasteiger partial charge is 1.00 e. The predicted molar refractivity (Wildman–Crippen MR) is 124 cm³/mol. The van der Waals surface area contributed by atoms with Gasteiger partial charge in [-0.1, -0.05) is 104 Å². The van der Waals surface area contributed by atoms with E-state index in [4.69, 9.17) is 0 Å². The Hall–Kier alpha value is -0.400. The molecule has 1 heterocycles. The molecule has 0 bridgehead atoms. The van der Waals surface area contributed by atoms with Gasteiger partial charge in [0.05, 0.1) is 0 Å². The summed E-state index contributed by atoms with van der Waals surface area (Å²) in [5.41, 5.74) is 6.18. The van der Waals surface area contributed by atoms with E-state index in [1.54, 1.807) is 22.2 Å². The summed E-state index contributed by atoms with van der Waals surface area (Å²) in [4.78, 5) is 0. The fraction of sp³-hybridized carbons (Fsp3) is 0.370. The van der Waals surface area contributed by atoms with Crippen LogP contribution in [0.5, 0.6) is 0 Å². The van der Waals surface area contributed by atoms with Gasteiger partial charge in [0.2, 0.25) is 0 Å². The fourth-order valence-electron chi connectivity index (χ4n) is 5.84. The molecular weight excluding hydrogens is 515 g/mol. The van der Waals surface area contributed by atoms with Crippen molar-refractivity contribution in [3.05, 3.63) is 88.0 Å². The zero-order chi connectivity index (χ0) is 19.3. The first kappa shape index (κ1) is 26.8. The van der Waals surface area contributed by atoms with Crippen molar-refractivity contribution in [1.29, 1.82) is 0 Å². The summed E-state index contributed by atoms with van der Waals surface area (Å²) < 4.78 is 0. The predicted octanol–water partition coefficient (Wildman–Crippen LogP) is 1.70. The SMILES string of the molecule is CC[C-](CCC1C=Cc2ccccc21)CCC1C2=C(c3ccccc31)[Si]2(C)C.[Cl-].[Cl-].[Zr+3]. The van der Waals surface area contributed by atoms with Gasteiger partial charge < -0.3 is 30.7 Å². The van der Waals surface area contributed by atoms with E-state index >= 15 is 0 Å². The van der Waals surface area contributed by atoms with E-state index in [1.165, 1.54) is 43.2 Å². The Morgan fingerprint density at radius 1 is 0.871 bits per heavy atom. The Kier molecular flexibility index (Phi) is 9.26. The number of hydrogen-bond donors (Lipinski definition) is 0. The number of benzene rings is 2. The van der Waals surface area contributed by atoms with Gasteiger partial charge in [-0.2, -0.15) is 19.3 Å². The van der Waals surface area contributed by atoms with E-state index in [0.29, 0.717) is 5.92 Å². The Labute approximate surface area is 221 Å². The van der Waals surface area contributed by atoms with Crippen LogP contribution in [-0.4, -0.2) is 8.07 Å². The summed E-state index contributed by atoms with van der Waals surface area (Å²) in [5.74, 6) is 3.11. The second-order valence-electron chi connectivity index (χ2n) is 9.33. The van der Waals surface area contributed by atoms with Gasteiger partial charge >= 0.3 is 26.2 Å². The maximum atomic E-state index is 2.55. The monoisotopic (exact) mass is 543 g/mol. The van der Waals surface area contributed by atoms with Crippen molar-refractivity contribution in [2.45, 2.75) is 64.0 Å². The molecule has 2 aromatic carbocycles. The molecule has 2 aliphatic carbocycles. The molecule has 161 valence electrons. The average molecular weight is 546 g/mol. The number of fused-ring (bicyclic) bond motifs is 3. The van der Waals surface area contributed by atoms with Gasteiger partial charge in [-0.25, -0.2) is 0 Å². The van der Waals surface area contributed by atoms with E-state index in [1.807, 2.05) is 5.20 Å². The van der Waals surface area contributed by atoms with Gasteiger partial charge in [0.1, 0.15) is 8.07 Å². The molecule has 0 saturated carbocycles. The third-order valence-corrected chi connectivity index (χ3v) is 10.9. The van der Waals surface area contributed by atoms with Crippen LogP contribution >= 0.6 is 0 Å². The number of rotatable bonds is 7. The average Bonchev–Trinajstić information content (AvgIpc) is 3.03. The molecule has 0 N–H and O–H groups in total. The van der Waals surface area contributed by atoms with Gasteiger partial charge in [0, 0.05) is 11.8 Å². The Morgan fingerprint density at radius 2 is 1.52 bits per heavy atom. The molecule has 31 heavy (non-hydrogen) atoms. The normalized spacial score (nSPS) is 20.9. The van der Waals surface area contributed by atoms with Crippen LogP contribution in [0.25, 0.3) is 11.3 Å². The molecule has 4 heteroatoms. The van der Waals surface area contributed by atoms with Crippen LogP contribution in [0, 0.1) is 5.92 Å². The van der Waals surface area contributed by atoms with E-state index in [2.05, 4.69) is 80.7 Å². The molecule has 0 spiro atoms. The van der Waals surface area contributed by atoms with Crippen molar-refractivity contribution in [2.24, 2.45) is 0 Å². The van der Waals surface area contributed by atoms with Crippen LogP contribution in [0.15, 0.2) is 59.8 Å². The quantitative estimate of drug-likeness (QED) is 0.367. The van der Waals surface area contributed by atoms with Crippen LogP contribution in [0.3, 0.4) is 0 Å². The summed E-state index contributed by atoms with van der Waals surface area (Å²) in [6.07, 6.45) is 11.1. The van der Waals surface area contributed by atoms with Crippen LogP contribution in [-0.2, 0) is 26.2 Å². The number of hydrogen-bond acceptors (Lipinski definition) is 0. The summed E-state index contributed by atoms with van der Waals surface area (Å²) in [6.45, 7) is 7.46. The summed E-state index contributed by atoms with van der Waals surface area (Å²) in [6, 6.07) is 18.1. The molecule has 2 unspecified atom stereocenters. The van der Waals surface area contributed by atoms with Crippen molar-refractivity contribution in [2.75, 3.05) is 0 Å². The Bertz CT molecular complexity index is 979. The molecule has 2 atom stereocenters. The van der Waals surface area contributed by atoms with Crippen molar-refractivity contribution in [3.8, 4) is 0 Å². The van der Waals surface area contributed by atoms with Gasteiger partial charge in [-0.05, 0) is 22.3 Å². The van der Waals surface area contributed by atoms with Crippen molar-refractivity contribution in [1.82, 2.24) is 0 Å². The second kappa shape index (κ2) is 10.7. The Morgan fingerprint density at radius 3 is 2.26 bits per heavy atom. The second-order valence-corrected chi connectivity index (χ2v) is 13.6. The molecule has 1 aliphatic heterocycles. The van der Waals surface area contributed by atoms with Crippen LogP contribution in [0.2, 0.25) is 13.1 Å². The van der Waals surface area contributed by atoms with Gasteiger partial charge in [-0.15, -0.1) is 0 Å². The summed E-state index contributed by atoms with van der Waals surface area (Å²) in [7, 11) is -1.17.